The third kappa shape index (κ3) is 1.58. The summed E-state index contributed by atoms with van der Waals surface area (Å²) in [5.41, 5.74) is 1.79. The van der Waals surface area contributed by atoms with Gasteiger partial charge < -0.3 is 10.1 Å². The van der Waals surface area contributed by atoms with Gasteiger partial charge in [-0.15, -0.1) is 0 Å². The molecule has 2 rings (SSSR count). The van der Waals surface area contributed by atoms with Gasteiger partial charge in [0, 0.05) is 17.5 Å². The van der Waals surface area contributed by atoms with Crippen LogP contribution in [0.15, 0.2) is 18.2 Å². The highest BCUT2D eigenvalue weighted by Gasteiger charge is 2.31. The fraction of sp³-hybridized carbons (Fsp3) is 0.417. The van der Waals surface area contributed by atoms with E-state index in [4.69, 9.17) is 4.74 Å². The summed E-state index contributed by atoms with van der Waals surface area (Å²) < 4.78 is 5.18. The summed E-state index contributed by atoms with van der Waals surface area (Å²) in [6.07, 6.45) is 0. The van der Waals surface area contributed by atoms with E-state index in [1.54, 1.807) is 7.11 Å². The van der Waals surface area contributed by atoms with Crippen molar-refractivity contribution in [3.8, 4) is 5.75 Å². The van der Waals surface area contributed by atoms with E-state index in [1.807, 2.05) is 18.2 Å². The minimum absolute atomic E-state index is 0.00646. The van der Waals surface area contributed by atoms with Crippen molar-refractivity contribution in [2.75, 3.05) is 13.7 Å². The van der Waals surface area contributed by atoms with Gasteiger partial charge in [-0.2, -0.15) is 0 Å². The van der Waals surface area contributed by atoms with E-state index in [-0.39, 0.29) is 11.3 Å². The molecule has 1 heterocycles. The molecule has 1 amide bonds. The highest BCUT2D eigenvalue weighted by atomic mass is 16.5. The van der Waals surface area contributed by atoms with Crippen molar-refractivity contribution >= 4 is 5.91 Å². The Bertz CT molecular complexity index is 410. The lowest BCUT2D eigenvalue weighted by atomic mass is 9.79. The molecular formula is C12H15NO2. The van der Waals surface area contributed by atoms with Gasteiger partial charge in [-0.3, -0.25) is 4.79 Å². The predicted molar refractivity (Wildman–Crippen MR) is 58.4 cm³/mol. The quantitative estimate of drug-likeness (QED) is 0.758. The molecule has 0 radical (unpaired) electrons. The smallest absolute Gasteiger partial charge is 0.251 e. The molecule has 3 heteroatoms. The lowest BCUT2D eigenvalue weighted by Crippen LogP contribution is -2.43. The SMILES string of the molecule is COc1ccc2c(c1)C(C)(C)CNC2=O. The van der Waals surface area contributed by atoms with E-state index in [2.05, 4.69) is 19.2 Å². The minimum Gasteiger partial charge on any atom is -0.497 e. The molecule has 0 saturated carbocycles. The van der Waals surface area contributed by atoms with Crippen molar-refractivity contribution in [3.63, 3.8) is 0 Å². The summed E-state index contributed by atoms with van der Waals surface area (Å²) in [5, 5.41) is 2.89. The number of methoxy groups -OCH3 is 1. The number of benzene rings is 1. The number of amides is 1. The van der Waals surface area contributed by atoms with Crippen molar-refractivity contribution in [2.45, 2.75) is 19.3 Å². The zero-order valence-corrected chi connectivity index (χ0v) is 9.26. The number of hydrogen-bond donors (Lipinski definition) is 1. The van der Waals surface area contributed by atoms with Gasteiger partial charge in [-0.25, -0.2) is 0 Å². The van der Waals surface area contributed by atoms with Crippen LogP contribution >= 0.6 is 0 Å². The topological polar surface area (TPSA) is 38.3 Å². The first-order chi connectivity index (χ1) is 7.04. The molecule has 3 nitrogen and oxygen atoms in total. The first-order valence-electron chi connectivity index (χ1n) is 5.01. The summed E-state index contributed by atoms with van der Waals surface area (Å²) in [6.45, 7) is 4.90. The lowest BCUT2D eigenvalue weighted by molar-refractivity contribution is 0.0929. The van der Waals surface area contributed by atoms with Gasteiger partial charge in [-0.1, -0.05) is 13.8 Å². The molecule has 1 N–H and O–H groups in total. The summed E-state index contributed by atoms with van der Waals surface area (Å²) in [7, 11) is 1.64. The van der Waals surface area contributed by atoms with Crippen LogP contribution in [0.1, 0.15) is 29.8 Å². The molecule has 0 atom stereocenters. The number of rotatable bonds is 1. The van der Waals surface area contributed by atoms with E-state index < -0.39 is 0 Å². The molecule has 0 aliphatic carbocycles. The van der Waals surface area contributed by atoms with E-state index in [0.717, 1.165) is 16.9 Å². The number of carbonyl (C=O) groups is 1. The van der Waals surface area contributed by atoms with Crippen molar-refractivity contribution in [1.29, 1.82) is 0 Å². The van der Waals surface area contributed by atoms with Crippen molar-refractivity contribution in [3.05, 3.63) is 29.3 Å². The molecule has 1 aromatic carbocycles. The standard InChI is InChI=1S/C12H15NO2/c1-12(2)7-13-11(14)9-5-4-8(15-3)6-10(9)12/h4-6H,7H2,1-3H3,(H,13,14). The number of fused-ring (bicyclic) bond motifs is 1. The van der Waals surface area contributed by atoms with Gasteiger partial charge in [0.1, 0.15) is 5.75 Å². The van der Waals surface area contributed by atoms with Gasteiger partial charge in [-0.05, 0) is 23.8 Å². The van der Waals surface area contributed by atoms with Gasteiger partial charge >= 0.3 is 0 Å². The Morgan fingerprint density at radius 3 is 2.80 bits per heavy atom. The van der Waals surface area contributed by atoms with Crippen LogP contribution < -0.4 is 10.1 Å². The summed E-state index contributed by atoms with van der Waals surface area (Å²) in [5.74, 6) is 0.809. The molecular weight excluding hydrogens is 190 g/mol. The summed E-state index contributed by atoms with van der Waals surface area (Å²) in [4.78, 5) is 11.6. The van der Waals surface area contributed by atoms with E-state index in [1.165, 1.54) is 0 Å². The lowest BCUT2D eigenvalue weighted by Gasteiger charge is -2.32. The Labute approximate surface area is 89.4 Å². The molecule has 1 aliphatic heterocycles. The third-order valence-corrected chi connectivity index (χ3v) is 2.89. The van der Waals surface area contributed by atoms with E-state index in [0.29, 0.717) is 6.54 Å². The molecule has 1 aliphatic rings. The zero-order valence-electron chi connectivity index (χ0n) is 9.26. The van der Waals surface area contributed by atoms with Crippen LogP contribution in [0.5, 0.6) is 5.75 Å². The maximum atomic E-state index is 11.6. The number of ether oxygens (including phenoxy) is 1. The first-order valence-corrected chi connectivity index (χ1v) is 5.01. The first kappa shape index (κ1) is 10.0. The minimum atomic E-state index is -0.0300. The van der Waals surface area contributed by atoms with Gasteiger partial charge in [0.2, 0.25) is 0 Å². The molecule has 0 saturated heterocycles. The second-order valence-electron chi connectivity index (χ2n) is 4.48. The molecule has 0 unspecified atom stereocenters. The van der Waals surface area contributed by atoms with Crippen LogP contribution in [0, 0.1) is 0 Å². The van der Waals surface area contributed by atoms with Crippen LogP contribution in [-0.2, 0) is 5.41 Å². The Balaban J connectivity index is 2.58. The molecule has 0 aromatic heterocycles. The van der Waals surface area contributed by atoms with Crippen LogP contribution in [0.4, 0.5) is 0 Å². The molecule has 1 aromatic rings. The summed E-state index contributed by atoms with van der Waals surface area (Å²) in [6, 6.07) is 5.60. The molecule has 0 spiro atoms. The fourth-order valence-electron chi connectivity index (χ4n) is 1.90. The van der Waals surface area contributed by atoms with Crippen molar-refractivity contribution in [1.82, 2.24) is 5.32 Å². The predicted octanol–water partition coefficient (Wildman–Crippen LogP) is 1.72. The second-order valence-corrected chi connectivity index (χ2v) is 4.48. The zero-order chi connectivity index (χ0) is 11.1. The third-order valence-electron chi connectivity index (χ3n) is 2.89. The summed E-state index contributed by atoms with van der Waals surface area (Å²) >= 11 is 0. The second kappa shape index (κ2) is 3.26. The maximum absolute atomic E-state index is 11.6. The van der Waals surface area contributed by atoms with Gasteiger partial charge in [0.05, 0.1) is 7.11 Å². The largest absolute Gasteiger partial charge is 0.497 e. The molecule has 80 valence electrons. The average Bonchev–Trinajstić information content (AvgIpc) is 2.24. The molecule has 0 bridgehead atoms. The Morgan fingerprint density at radius 1 is 1.40 bits per heavy atom. The fourth-order valence-corrected chi connectivity index (χ4v) is 1.90. The highest BCUT2D eigenvalue weighted by molar-refractivity contribution is 5.97. The number of nitrogens with one attached hydrogen (secondary N) is 1. The number of hydrogen-bond acceptors (Lipinski definition) is 2. The van der Waals surface area contributed by atoms with E-state index in [9.17, 15) is 4.79 Å². The van der Waals surface area contributed by atoms with Crippen LogP contribution in [-0.4, -0.2) is 19.6 Å². The molecule has 15 heavy (non-hydrogen) atoms. The van der Waals surface area contributed by atoms with Gasteiger partial charge in [0.15, 0.2) is 0 Å². The maximum Gasteiger partial charge on any atom is 0.251 e. The Hall–Kier alpha value is -1.51. The number of carbonyl (C=O) groups excluding carboxylic acids is 1. The normalized spacial score (nSPS) is 17.9. The average molecular weight is 205 g/mol. The van der Waals surface area contributed by atoms with Crippen LogP contribution in [0.2, 0.25) is 0 Å². The van der Waals surface area contributed by atoms with E-state index >= 15 is 0 Å². The molecule has 0 fully saturated rings. The van der Waals surface area contributed by atoms with Crippen molar-refractivity contribution in [2.24, 2.45) is 0 Å². The van der Waals surface area contributed by atoms with Crippen LogP contribution in [0.3, 0.4) is 0 Å². The Kier molecular flexibility index (Phi) is 2.18. The monoisotopic (exact) mass is 205 g/mol. The van der Waals surface area contributed by atoms with Gasteiger partial charge in [0.25, 0.3) is 5.91 Å². The highest BCUT2D eigenvalue weighted by Crippen LogP contribution is 2.32. The van der Waals surface area contributed by atoms with Crippen molar-refractivity contribution < 1.29 is 9.53 Å². The Morgan fingerprint density at radius 2 is 2.13 bits per heavy atom. The van der Waals surface area contributed by atoms with Crippen LogP contribution in [0.25, 0.3) is 0 Å².